The molecule has 0 bridgehead atoms. The number of nitrogens with zero attached hydrogens (tertiary/aromatic N) is 2. The second-order valence-electron chi connectivity index (χ2n) is 8.35. The smallest absolute Gasteiger partial charge is 0.265 e. The summed E-state index contributed by atoms with van der Waals surface area (Å²) in [5.74, 6) is -0.611. The van der Waals surface area contributed by atoms with Gasteiger partial charge in [0.2, 0.25) is 0 Å². The van der Waals surface area contributed by atoms with Crippen molar-refractivity contribution in [2.24, 2.45) is 0 Å². The second kappa shape index (κ2) is 7.73. The Kier molecular flexibility index (Phi) is 5.28. The molecule has 1 atom stereocenters. The van der Waals surface area contributed by atoms with E-state index in [1.54, 1.807) is 11.0 Å². The van der Waals surface area contributed by atoms with Crippen LogP contribution in [0.2, 0.25) is 0 Å². The first-order valence-electron chi connectivity index (χ1n) is 10.4. The molecule has 29 heavy (non-hydrogen) atoms. The van der Waals surface area contributed by atoms with Crippen molar-refractivity contribution < 1.29 is 14.7 Å². The standard InChI is InChI=1S/C24H28N2O3/c1-17-10-11-18(2)19(14-17)22(27)15-24(29)20-8-4-5-9-21(20)26(23(24)28)16-25-12-6-3-7-13-25/h4-5,8-11,14,29H,3,6-7,12-13,15-16H2,1-2H3/t24-/m1/s1. The van der Waals surface area contributed by atoms with Gasteiger partial charge in [0.1, 0.15) is 0 Å². The van der Waals surface area contributed by atoms with Crippen molar-refractivity contribution in [3.8, 4) is 0 Å². The van der Waals surface area contributed by atoms with Crippen molar-refractivity contribution in [2.45, 2.75) is 45.1 Å². The van der Waals surface area contributed by atoms with Gasteiger partial charge in [0.15, 0.2) is 11.4 Å². The van der Waals surface area contributed by atoms with E-state index in [1.165, 1.54) is 6.42 Å². The number of Topliss-reactive ketones (excluding diaryl/α,β-unsaturated/α-hetero) is 1. The maximum Gasteiger partial charge on any atom is 0.265 e. The van der Waals surface area contributed by atoms with Crippen LogP contribution in [-0.2, 0) is 10.4 Å². The minimum atomic E-state index is -1.82. The third-order valence-electron chi connectivity index (χ3n) is 6.14. The molecule has 0 radical (unpaired) electrons. The molecule has 0 saturated carbocycles. The molecule has 1 amide bonds. The van der Waals surface area contributed by atoms with Gasteiger partial charge >= 0.3 is 0 Å². The van der Waals surface area contributed by atoms with Gasteiger partial charge in [0.05, 0.1) is 18.8 Å². The summed E-state index contributed by atoms with van der Waals surface area (Å²) in [5.41, 5.74) is 1.82. The quantitative estimate of drug-likeness (QED) is 0.791. The summed E-state index contributed by atoms with van der Waals surface area (Å²) >= 11 is 0. The molecular formula is C24H28N2O3. The summed E-state index contributed by atoms with van der Waals surface area (Å²) in [6.45, 7) is 6.17. The van der Waals surface area contributed by atoms with Crippen LogP contribution in [0.25, 0.3) is 0 Å². The van der Waals surface area contributed by atoms with E-state index >= 15 is 0 Å². The van der Waals surface area contributed by atoms with Crippen LogP contribution in [0.5, 0.6) is 0 Å². The van der Waals surface area contributed by atoms with Gasteiger partial charge in [-0.3, -0.25) is 19.4 Å². The molecule has 2 aliphatic rings. The number of aryl methyl sites for hydroxylation is 2. The van der Waals surface area contributed by atoms with Crippen LogP contribution >= 0.6 is 0 Å². The molecule has 2 aromatic carbocycles. The van der Waals surface area contributed by atoms with Crippen molar-refractivity contribution >= 4 is 17.4 Å². The number of anilines is 1. The monoisotopic (exact) mass is 392 g/mol. The first-order chi connectivity index (χ1) is 13.9. The van der Waals surface area contributed by atoms with E-state index in [0.717, 1.165) is 37.1 Å². The largest absolute Gasteiger partial charge is 0.375 e. The molecule has 2 aromatic rings. The highest BCUT2D eigenvalue weighted by atomic mass is 16.3. The average molecular weight is 392 g/mol. The average Bonchev–Trinajstić information content (AvgIpc) is 2.92. The van der Waals surface area contributed by atoms with E-state index in [1.807, 2.05) is 50.2 Å². The number of aliphatic hydroxyl groups is 1. The predicted molar refractivity (Wildman–Crippen MR) is 113 cm³/mol. The lowest BCUT2D eigenvalue weighted by atomic mass is 9.87. The summed E-state index contributed by atoms with van der Waals surface area (Å²) in [6.07, 6.45) is 3.22. The minimum absolute atomic E-state index is 0.211. The molecule has 1 fully saturated rings. The van der Waals surface area contributed by atoms with Gasteiger partial charge in [-0.25, -0.2) is 0 Å². The first kappa shape index (κ1) is 19.8. The molecule has 1 N–H and O–H groups in total. The second-order valence-corrected chi connectivity index (χ2v) is 8.35. The maximum atomic E-state index is 13.4. The number of benzene rings is 2. The number of piperidine rings is 1. The molecule has 1 saturated heterocycles. The van der Waals surface area contributed by atoms with Crippen LogP contribution in [0.4, 0.5) is 5.69 Å². The minimum Gasteiger partial charge on any atom is -0.375 e. The van der Waals surface area contributed by atoms with Gasteiger partial charge in [0.25, 0.3) is 5.91 Å². The topological polar surface area (TPSA) is 60.9 Å². The molecular weight excluding hydrogens is 364 g/mol. The fourth-order valence-corrected chi connectivity index (χ4v) is 4.48. The van der Waals surface area contributed by atoms with Crippen LogP contribution in [0.15, 0.2) is 42.5 Å². The highest BCUT2D eigenvalue weighted by Gasteiger charge is 2.51. The highest BCUT2D eigenvalue weighted by Crippen LogP contribution is 2.43. The molecule has 0 unspecified atom stereocenters. The Bertz CT molecular complexity index is 949. The fourth-order valence-electron chi connectivity index (χ4n) is 4.48. The first-order valence-corrected chi connectivity index (χ1v) is 10.4. The summed E-state index contributed by atoms with van der Waals surface area (Å²) in [4.78, 5) is 30.4. The maximum absolute atomic E-state index is 13.4. The Labute approximate surface area is 171 Å². The number of fused-ring (bicyclic) bond motifs is 1. The third-order valence-corrected chi connectivity index (χ3v) is 6.14. The number of carbonyl (C=O) groups excluding carboxylic acids is 2. The van der Waals surface area contributed by atoms with E-state index in [2.05, 4.69) is 4.90 Å². The van der Waals surface area contributed by atoms with Crippen LogP contribution in [-0.4, -0.2) is 41.5 Å². The van der Waals surface area contributed by atoms with Gasteiger partial charge in [0, 0.05) is 11.1 Å². The molecule has 2 heterocycles. The van der Waals surface area contributed by atoms with Gasteiger partial charge in [-0.05, 0) is 57.5 Å². The molecule has 5 nitrogen and oxygen atoms in total. The van der Waals surface area contributed by atoms with Crippen LogP contribution in [0.1, 0.15) is 52.7 Å². The number of ketones is 1. The number of carbonyl (C=O) groups is 2. The van der Waals surface area contributed by atoms with Crippen molar-refractivity contribution in [3.05, 3.63) is 64.7 Å². The Hall–Kier alpha value is -2.50. The van der Waals surface area contributed by atoms with Crippen LogP contribution in [0, 0.1) is 13.8 Å². The zero-order valence-electron chi connectivity index (χ0n) is 17.1. The summed E-state index contributed by atoms with van der Waals surface area (Å²) in [6, 6.07) is 13.0. The Balaban J connectivity index is 1.64. The molecule has 5 heteroatoms. The highest BCUT2D eigenvalue weighted by molar-refractivity contribution is 6.11. The van der Waals surface area contributed by atoms with Crippen molar-refractivity contribution in [1.82, 2.24) is 4.90 Å². The number of hydrogen-bond acceptors (Lipinski definition) is 4. The van der Waals surface area contributed by atoms with Gasteiger partial charge in [-0.1, -0.05) is 42.3 Å². The zero-order chi connectivity index (χ0) is 20.6. The molecule has 152 valence electrons. The lowest BCUT2D eigenvalue weighted by Gasteiger charge is -2.31. The van der Waals surface area contributed by atoms with Gasteiger partial charge in [-0.2, -0.15) is 0 Å². The summed E-state index contributed by atoms with van der Waals surface area (Å²) < 4.78 is 0. The molecule has 0 aromatic heterocycles. The van der Waals surface area contributed by atoms with Gasteiger partial charge < -0.3 is 5.11 Å². The van der Waals surface area contributed by atoms with E-state index in [0.29, 0.717) is 23.5 Å². The van der Waals surface area contributed by atoms with Crippen molar-refractivity contribution in [2.75, 3.05) is 24.7 Å². The van der Waals surface area contributed by atoms with E-state index in [4.69, 9.17) is 0 Å². The summed E-state index contributed by atoms with van der Waals surface area (Å²) in [7, 11) is 0. The van der Waals surface area contributed by atoms with E-state index < -0.39 is 11.5 Å². The lowest BCUT2D eigenvalue weighted by molar-refractivity contribution is -0.136. The Morgan fingerprint density at radius 1 is 1.07 bits per heavy atom. The number of likely N-dealkylation sites (tertiary alicyclic amines) is 1. The molecule has 2 aliphatic heterocycles. The van der Waals surface area contributed by atoms with Crippen LogP contribution in [0.3, 0.4) is 0 Å². The third kappa shape index (κ3) is 3.61. The lowest BCUT2D eigenvalue weighted by Crippen LogP contribution is -2.47. The Morgan fingerprint density at radius 2 is 1.79 bits per heavy atom. The van der Waals surface area contributed by atoms with Gasteiger partial charge in [-0.15, -0.1) is 0 Å². The van der Waals surface area contributed by atoms with Crippen molar-refractivity contribution in [3.63, 3.8) is 0 Å². The van der Waals surface area contributed by atoms with Crippen molar-refractivity contribution in [1.29, 1.82) is 0 Å². The van der Waals surface area contributed by atoms with E-state index in [9.17, 15) is 14.7 Å². The number of amides is 1. The normalized spacial score (nSPS) is 22.0. The summed E-state index contributed by atoms with van der Waals surface area (Å²) in [5, 5.41) is 11.5. The molecule has 0 spiro atoms. The predicted octanol–water partition coefficient (Wildman–Crippen LogP) is 3.55. The number of para-hydroxylation sites is 1. The fraction of sp³-hybridized carbons (Fsp3) is 0.417. The van der Waals surface area contributed by atoms with E-state index in [-0.39, 0.29) is 12.2 Å². The Morgan fingerprint density at radius 3 is 2.55 bits per heavy atom. The molecule has 4 rings (SSSR count). The number of rotatable bonds is 5. The van der Waals surface area contributed by atoms with Crippen LogP contribution < -0.4 is 4.90 Å². The zero-order valence-corrected chi connectivity index (χ0v) is 17.1. The SMILES string of the molecule is Cc1ccc(C)c(C(=O)C[C@]2(O)C(=O)N(CN3CCCCC3)c3ccccc32)c1. The number of hydrogen-bond donors (Lipinski definition) is 1. The molecule has 0 aliphatic carbocycles.